The van der Waals surface area contributed by atoms with Crippen molar-refractivity contribution >= 4 is 28.3 Å². The van der Waals surface area contributed by atoms with Gasteiger partial charge in [0, 0.05) is 36.3 Å². The molecule has 120 valence electrons. The number of hydrogen-bond donors (Lipinski definition) is 2. The Labute approximate surface area is 138 Å². The Bertz CT molecular complexity index is 660. The lowest BCUT2D eigenvalue weighted by atomic mass is 10.2. The van der Waals surface area contributed by atoms with E-state index in [-0.39, 0.29) is 24.4 Å². The zero-order chi connectivity index (χ0) is 16.1. The summed E-state index contributed by atoms with van der Waals surface area (Å²) in [6.07, 6.45) is 2.67. The first-order valence-electron chi connectivity index (χ1n) is 7.49. The molecular formula is C16H18N4O2S. The normalized spacial score (nSPS) is 17.0. The molecule has 2 amide bonds. The van der Waals surface area contributed by atoms with Crippen molar-refractivity contribution in [1.82, 2.24) is 15.6 Å². The van der Waals surface area contributed by atoms with Crippen molar-refractivity contribution in [3.05, 3.63) is 47.5 Å². The van der Waals surface area contributed by atoms with Crippen LogP contribution >= 0.6 is 11.3 Å². The Morgan fingerprint density at radius 3 is 2.87 bits per heavy atom. The van der Waals surface area contributed by atoms with Gasteiger partial charge in [-0.2, -0.15) is 0 Å². The molecule has 2 aromatic rings. The highest BCUT2D eigenvalue weighted by Gasteiger charge is 2.25. The van der Waals surface area contributed by atoms with Crippen molar-refractivity contribution < 1.29 is 9.59 Å². The van der Waals surface area contributed by atoms with Gasteiger partial charge in [0.25, 0.3) is 5.91 Å². The van der Waals surface area contributed by atoms with Crippen LogP contribution in [0.5, 0.6) is 0 Å². The van der Waals surface area contributed by atoms with E-state index < -0.39 is 0 Å². The Hall–Kier alpha value is -2.41. The van der Waals surface area contributed by atoms with E-state index in [0.29, 0.717) is 5.56 Å². The summed E-state index contributed by atoms with van der Waals surface area (Å²) >= 11 is 1.60. The fraction of sp³-hybridized carbons (Fsp3) is 0.312. The van der Waals surface area contributed by atoms with Crippen molar-refractivity contribution in [3.8, 4) is 0 Å². The number of hydrogen-bond acceptors (Lipinski definition) is 5. The molecule has 2 N–H and O–H groups in total. The molecule has 1 aromatic heterocycles. The van der Waals surface area contributed by atoms with Crippen LogP contribution in [0.4, 0.5) is 5.13 Å². The van der Waals surface area contributed by atoms with Gasteiger partial charge in [0.05, 0.1) is 6.54 Å². The van der Waals surface area contributed by atoms with Crippen molar-refractivity contribution in [2.45, 2.75) is 12.5 Å². The molecule has 0 saturated carbocycles. The summed E-state index contributed by atoms with van der Waals surface area (Å²) in [5.41, 5.74) is 0.552. The van der Waals surface area contributed by atoms with E-state index in [1.165, 1.54) is 0 Å². The van der Waals surface area contributed by atoms with Gasteiger partial charge in [-0.25, -0.2) is 4.98 Å². The standard InChI is InChI=1S/C16H18N4O2S/c21-14(10-18-15(22)12-4-2-1-3-5-12)19-13-6-8-20(11-13)16-17-7-9-23-16/h1-5,7,9,13H,6,8,10-11H2,(H,18,22)(H,19,21). The van der Waals surface area contributed by atoms with Crippen LogP contribution < -0.4 is 15.5 Å². The fourth-order valence-electron chi connectivity index (χ4n) is 2.55. The maximum atomic E-state index is 12.0. The monoisotopic (exact) mass is 330 g/mol. The highest BCUT2D eigenvalue weighted by Crippen LogP contribution is 2.22. The summed E-state index contributed by atoms with van der Waals surface area (Å²) in [5.74, 6) is -0.406. The molecular weight excluding hydrogens is 312 g/mol. The Morgan fingerprint density at radius 2 is 2.13 bits per heavy atom. The third-order valence-electron chi connectivity index (χ3n) is 3.69. The maximum absolute atomic E-state index is 12.0. The minimum absolute atomic E-state index is 0.0124. The third kappa shape index (κ3) is 4.07. The first-order chi connectivity index (χ1) is 11.2. The van der Waals surface area contributed by atoms with Crippen LogP contribution in [-0.4, -0.2) is 42.5 Å². The topological polar surface area (TPSA) is 74.3 Å². The maximum Gasteiger partial charge on any atom is 0.251 e. The molecule has 0 aliphatic carbocycles. The number of nitrogens with one attached hydrogen (secondary N) is 2. The van der Waals surface area contributed by atoms with Gasteiger partial charge in [-0.3, -0.25) is 9.59 Å². The van der Waals surface area contributed by atoms with Gasteiger partial charge in [-0.15, -0.1) is 11.3 Å². The zero-order valence-electron chi connectivity index (χ0n) is 12.6. The average molecular weight is 330 g/mol. The smallest absolute Gasteiger partial charge is 0.251 e. The van der Waals surface area contributed by atoms with E-state index >= 15 is 0 Å². The highest BCUT2D eigenvalue weighted by atomic mass is 32.1. The molecule has 0 bridgehead atoms. The Kier molecular flexibility index (Phi) is 4.87. The predicted molar refractivity (Wildman–Crippen MR) is 89.6 cm³/mol. The van der Waals surface area contributed by atoms with E-state index in [2.05, 4.69) is 20.5 Å². The molecule has 1 aliphatic heterocycles. The minimum atomic E-state index is -0.239. The molecule has 1 unspecified atom stereocenters. The van der Waals surface area contributed by atoms with E-state index in [4.69, 9.17) is 0 Å². The van der Waals surface area contributed by atoms with Crippen LogP contribution in [0.2, 0.25) is 0 Å². The molecule has 1 fully saturated rings. The van der Waals surface area contributed by atoms with E-state index in [9.17, 15) is 9.59 Å². The zero-order valence-corrected chi connectivity index (χ0v) is 13.4. The van der Waals surface area contributed by atoms with E-state index in [1.54, 1.807) is 41.8 Å². The summed E-state index contributed by atoms with van der Waals surface area (Å²) in [5, 5.41) is 8.53. The number of amides is 2. The Morgan fingerprint density at radius 1 is 1.30 bits per heavy atom. The summed E-state index contributed by atoms with van der Waals surface area (Å²) in [7, 11) is 0. The number of benzene rings is 1. The van der Waals surface area contributed by atoms with Crippen LogP contribution in [0.15, 0.2) is 41.9 Å². The number of thiazole rings is 1. The molecule has 7 heteroatoms. The number of carbonyl (C=O) groups is 2. The van der Waals surface area contributed by atoms with Crippen molar-refractivity contribution in [1.29, 1.82) is 0 Å². The number of aromatic nitrogens is 1. The fourth-order valence-corrected chi connectivity index (χ4v) is 3.23. The largest absolute Gasteiger partial charge is 0.350 e. The minimum Gasteiger partial charge on any atom is -0.350 e. The number of rotatable bonds is 5. The van der Waals surface area contributed by atoms with Crippen LogP contribution in [-0.2, 0) is 4.79 Å². The van der Waals surface area contributed by atoms with Crippen LogP contribution in [0.1, 0.15) is 16.8 Å². The molecule has 23 heavy (non-hydrogen) atoms. The lowest BCUT2D eigenvalue weighted by Gasteiger charge is -2.16. The molecule has 1 atom stereocenters. The molecule has 0 spiro atoms. The second kappa shape index (κ2) is 7.23. The van der Waals surface area contributed by atoms with Crippen LogP contribution in [0.3, 0.4) is 0 Å². The molecule has 1 aromatic carbocycles. The molecule has 1 saturated heterocycles. The van der Waals surface area contributed by atoms with Gasteiger partial charge in [-0.1, -0.05) is 18.2 Å². The van der Waals surface area contributed by atoms with Crippen molar-refractivity contribution in [2.75, 3.05) is 24.5 Å². The average Bonchev–Trinajstić information content (AvgIpc) is 3.24. The highest BCUT2D eigenvalue weighted by molar-refractivity contribution is 7.13. The SMILES string of the molecule is O=C(CNC(=O)c1ccccc1)NC1CCN(c2nccs2)C1. The summed E-state index contributed by atoms with van der Waals surface area (Å²) < 4.78 is 0. The lowest BCUT2D eigenvalue weighted by Crippen LogP contribution is -2.43. The first-order valence-corrected chi connectivity index (χ1v) is 8.37. The Balaban J connectivity index is 1.43. The number of carbonyl (C=O) groups excluding carboxylic acids is 2. The van der Waals surface area contributed by atoms with Gasteiger partial charge < -0.3 is 15.5 Å². The lowest BCUT2D eigenvalue weighted by molar-refractivity contribution is -0.120. The molecule has 3 rings (SSSR count). The van der Waals surface area contributed by atoms with Crippen LogP contribution in [0, 0.1) is 0 Å². The quantitative estimate of drug-likeness (QED) is 0.866. The number of nitrogens with zero attached hydrogens (tertiary/aromatic N) is 2. The van der Waals surface area contributed by atoms with E-state index in [0.717, 1.165) is 24.6 Å². The molecule has 1 aliphatic rings. The number of anilines is 1. The summed E-state index contributed by atoms with van der Waals surface area (Å²) in [6, 6.07) is 8.96. The molecule has 6 nitrogen and oxygen atoms in total. The van der Waals surface area contributed by atoms with Crippen LogP contribution in [0.25, 0.3) is 0 Å². The summed E-state index contributed by atoms with van der Waals surface area (Å²) in [6.45, 7) is 1.63. The second-order valence-electron chi connectivity index (χ2n) is 5.36. The van der Waals surface area contributed by atoms with Crippen molar-refractivity contribution in [2.24, 2.45) is 0 Å². The van der Waals surface area contributed by atoms with Gasteiger partial charge in [0.15, 0.2) is 5.13 Å². The third-order valence-corrected chi connectivity index (χ3v) is 4.52. The van der Waals surface area contributed by atoms with Crippen molar-refractivity contribution in [3.63, 3.8) is 0 Å². The first kappa shape index (κ1) is 15.5. The van der Waals surface area contributed by atoms with E-state index in [1.807, 2.05) is 11.4 Å². The summed E-state index contributed by atoms with van der Waals surface area (Å²) in [4.78, 5) is 30.3. The second-order valence-corrected chi connectivity index (χ2v) is 6.24. The van der Waals surface area contributed by atoms with Gasteiger partial charge in [0.2, 0.25) is 5.91 Å². The molecule has 0 radical (unpaired) electrons. The van der Waals surface area contributed by atoms with Gasteiger partial charge in [-0.05, 0) is 18.6 Å². The van der Waals surface area contributed by atoms with Gasteiger partial charge >= 0.3 is 0 Å². The predicted octanol–water partition coefficient (Wildman–Crippen LogP) is 1.27. The molecule has 2 heterocycles. The van der Waals surface area contributed by atoms with Gasteiger partial charge in [0.1, 0.15) is 0 Å².